The van der Waals surface area contributed by atoms with Crippen molar-refractivity contribution in [2.45, 2.75) is 33.1 Å². The van der Waals surface area contributed by atoms with E-state index in [2.05, 4.69) is 15.3 Å². The Kier molecular flexibility index (Phi) is 5.04. The SMILES string of the molecule is Cc1cc(C)nc(NCCCCCN)n1. The third-order valence-corrected chi connectivity index (χ3v) is 2.15. The van der Waals surface area contributed by atoms with Crippen molar-refractivity contribution in [1.82, 2.24) is 9.97 Å². The van der Waals surface area contributed by atoms with Gasteiger partial charge in [-0.05, 0) is 39.3 Å². The summed E-state index contributed by atoms with van der Waals surface area (Å²) in [5.41, 5.74) is 7.43. The third-order valence-electron chi connectivity index (χ3n) is 2.15. The molecule has 3 N–H and O–H groups in total. The lowest BCUT2D eigenvalue weighted by Gasteiger charge is -2.05. The Morgan fingerprint density at radius 1 is 1.13 bits per heavy atom. The van der Waals surface area contributed by atoms with Crippen LogP contribution in [0.15, 0.2) is 6.07 Å². The number of unbranched alkanes of at least 4 members (excludes halogenated alkanes) is 2. The molecule has 4 heteroatoms. The van der Waals surface area contributed by atoms with Crippen molar-refractivity contribution in [3.63, 3.8) is 0 Å². The Hall–Kier alpha value is -1.16. The van der Waals surface area contributed by atoms with Crippen LogP contribution in [0.5, 0.6) is 0 Å². The summed E-state index contributed by atoms with van der Waals surface area (Å²) in [6.45, 7) is 5.66. The van der Waals surface area contributed by atoms with Crippen LogP contribution in [0.25, 0.3) is 0 Å². The summed E-state index contributed by atoms with van der Waals surface area (Å²) in [5, 5.41) is 3.22. The lowest BCUT2D eigenvalue weighted by atomic mass is 10.2. The van der Waals surface area contributed by atoms with Gasteiger partial charge in [0.2, 0.25) is 5.95 Å². The molecule has 0 aromatic carbocycles. The molecule has 1 heterocycles. The fourth-order valence-electron chi connectivity index (χ4n) is 1.45. The van der Waals surface area contributed by atoms with E-state index in [1.165, 1.54) is 0 Å². The lowest BCUT2D eigenvalue weighted by Crippen LogP contribution is -2.07. The number of nitrogens with zero attached hydrogens (tertiary/aromatic N) is 2. The number of aryl methyl sites for hydroxylation is 2. The van der Waals surface area contributed by atoms with Crippen molar-refractivity contribution in [3.05, 3.63) is 17.5 Å². The van der Waals surface area contributed by atoms with Crippen molar-refractivity contribution in [2.75, 3.05) is 18.4 Å². The first-order chi connectivity index (χ1) is 7.22. The van der Waals surface area contributed by atoms with Gasteiger partial charge in [-0.3, -0.25) is 0 Å². The smallest absolute Gasteiger partial charge is 0.223 e. The zero-order chi connectivity index (χ0) is 11.1. The fourth-order valence-corrected chi connectivity index (χ4v) is 1.45. The molecule has 0 aliphatic heterocycles. The molecule has 0 unspecified atom stereocenters. The highest BCUT2D eigenvalue weighted by molar-refractivity contribution is 5.27. The van der Waals surface area contributed by atoms with Crippen LogP contribution in [0.3, 0.4) is 0 Å². The Labute approximate surface area is 91.3 Å². The molecule has 0 saturated heterocycles. The number of anilines is 1. The van der Waals surface area contributed by atoms with E-state index in [1.54, 1.807) is 0 Å². The van der Waals surface area contributed by atoms with Crippen LogP contribution in [-0.2, 0) is 0 Å². The number of aromatic nitrogens is 2. The molecule has 0 atom stereocenters. The van der Waals surface area contributed by atoms with Crippen molar-refractivity contribution >= 4 is 5.95 Å². The monoisotopic (exact) mass is 208 g/mol. The van der Waals surface area contributed by atoms with Crippen LogP contribution in [0.2, 0.25) is 0 Å². The van der Waals surface area contributed by atoms with Gasteiger partial charge in [-0.25, -0.2) is 9.97 Å². The van der Waals surface area contributed by atoms with E-state index in [9.17, 15) is 0 Å². The van der Waals surface area contributed by atoms with Crippen LogP contribution >= 0.6 is 0 Å². The maximum Gasteiger partial charge on any atom is 0.223 e. The second kappa shape index (κ2) is 6.35. The molecule has 1 aromatic heterocycles. The zero-order valence-corrected chi connectivity index (χ0v) is 9.58. The maximum atomic E-state index is 5.42. The average Bonchev–Trinajstić information content (AvgIpc) is 2.16. The van der Waals surface area contributed by atoms with Crippen LogP contribution in [0, 0.1) is 13.8 Å². The van der Waals surface area contributed by atoms with Crippen LogP contribution in [0.4, 0.5) is 5.95 Å². The van der Waals surface area contributed by atoms with E-state index in [1.807, 2.05) is 19.9 Å². The minimum absolute atomic E-state index is 0.736. The van der Waals surface area contributed by atoms with Gasteiger partial charge in [-0.15, -0.1) is 0 Å². The Balaban J connectivity index is 2.31. The van der Waals surface area contributed by atoms with Gasteiger partial charge in [0, 0.05) is 17.9 Å². The van der Waals surface area contributed by atoms with E-state index < -0.39 is 0 Å². The number of nitrogens with two attached hydrogens (primary N) is 1. The second-order valence-corrected chi connectivity index (χ2v) is 3.75. The first kappa shape index (κ1) is 11.9. The number of hydrogen-bond acceptors (Lipinski definition) is 4. The van der Waals surface area contributed by atoms with Gasteiger partial charge in [0.05, 0.1) is 0 Å². The van der Waals surface area contributed by atoms with Gasteiger partial charge in [-0.2, -0.15) is 0 Å². The van der Waals surface area contributed by atoms with Gasteiger partial charge in [-0.1, -0.05) is 6.42 Å². The molecule has 0 amide bonds. The molecule has 0 saturated carbocycles. The molecule has 0 aliphatic rings. The van der Waals surface area contributed by atoms with Gasteiger partial charge < -0.3 is 11.1 Å². The molecule has 0 radical (unpaired) electrons. The summed E-state index contributed by atoms with van der Waals surface area (Å²) < 4.78 is 0. The van der Waals surface area contributed by atoms with E-state index in [-0.39, 0.29) is 0 Å². The summed E-state index contributed by atoms with van der Waals surface area (Å²) in [6, 6.07) is 1.97. The summed E-state index contributed by atoms with van der Waals surface area (Å²) >= 11 is 0. The van der Waals surface area contributed by atoms with Crippen LogP contribution < -0.4 is 11.1 Å². The maximum absolute atomic E-state index is 5.42. The molecule has 15 heavy (non-hydrogen) atoms. The second-order valence-electron chi connectivity index (χ2n) is 3.75. The fraction of sp³-hybridized carbons (Fsp3) is 0.636. The van der Waals surface area contributed by atoms with Gasteiger partial charge >= 0.3 is 0 Å². The minimum atomic E-state index is 0.736. The summed E-state index contributed by atoms with van der Waals surface area (Å²) in [4.78, 5) is 8.61. The number of nitrogens with one attached hydrogen (secondary N) is 1. The Morgan fingerprint density at radius 2 is 1.80 bits per heavy atom. The highest BCUT2D eigenvalue weighted by Gasteiger charge is 1.97. The first-order valence-electron chi connectivity index (χ1n) is 5.48. The Morgan fingerprint density at radius 3 is 2.40 bits per heavy atom. The van der Waals surface area contributed by atoms with Crippen molar-refractivity contribution in [1.29, 1.82) is 0 Å². The minimum Gasteiger partial charge on any atom is -0.354 e. The summed E-state index contributed by atoms with van der Waals surface area (Å²) in [5.74, 6) is 0.736. The standard InChI is InChI=1S/C11H20N4/c1-9-8-10(2)15-11(14-9)13-7-5-3-4-6-12/h8H,3-7,12H2,1-2H3,(H,13,14,15). The highest BCUT2D eigenvalue weighted by Crippen LogP contribution is 2.04. The molecular formula is C11H20N4. The van der Waals surface area contributed by atoms with Crippen molar-refractivity contribution in [3.8, 4) is 0 Å². The van der Waals surface area contributed by atoms with Crippen molar-refractivity contribution in [2.24, 2.45) is 5.73 Å². The first-order valence-corrected chi connectivity index (χ1v) is 5.48. The van der Waals surface area contributed by atoms with Crippen molar-refractivity contribution < 1.29 is 0 Å². The number of rotatable bonds is 6. The highest BCUT2D eigenvalue weighted by atomic mass is 15.1. The molecule has 0 spiro atoms. The van der Waals surface area contributed by atoms with E-state index in [0.717, 1.165) is 49.7 Å². The van der Waals surface area contributed by atoms with Gasteiger partial charge in [0.25, 0.3) is 0 Å². The van der Waals surface area contributed by atoms with E-state index in [4.69, 9.17) is 5.73 Å². The third kappa shape index (κ3) is 4.74. The van der Waals surface area contributed by atoms with Gasteiger partial charge in [0.1, 0.15) is 0 Å². The van der Waals surface area contributed by atoms with Gasteiger partial charge in [0.15, 0.2) is 0 Å². The van der Waals surface area contributed by atoms with Crippen LogP contribution in [0.1, 0.15) is 30.7 Å². The molecule has 1 rings (SSSR count). The zero-order valence-electron chi connectivity index (χ0n) is 9.58. The number of hydrogen-bond donors (Lipinski definition) is 2. The quantitative estimate of drug-likeness (QED) is 0.697. The molecule has 1 aromatic rings. The molecular weight excluding hydrogens is 188 g/mol. The molecule has 84 valence electrons. The molecule has 0 aliphatic carbocycles. The van der Waals surface area contributed by atoms with E-state index >= 15 is 0 Å². The summed E-state index contributed by atoms with van der Waals surface area (Å²) in [6.07, 6.45) is 3.37. The largest absolute Gasteiger partial charge is 0.354 e. The Bertz CT molecular complexity index is 278. The normalized spacial score (nSPS) is 10.3. The molecule has 0 fully saturated rings. The summed E-state index contributed by atoms with van der Waals surface area (Å²) in [7, 11) is 0. The predicted octanol–water partition coefficient (Wildman–Crippen LogP) is 1.63. The predicted molar refractivity (Wildman–Crippen MR) is 62.9 cm³/mol. The van der Waals surface area contributed by atoms with Crippen LogP contribution in [-0.4, -0.2) is 23.1 Å². The lowest BCUT2D eigenvalue weighted by molar-refractivity contribution is 0.704. The molecule has 4 nitrogen and oxygen atoms in total. The van der Waals surface area contributed by atoms with E-state index in [0.29, 0.717) is 0 Å². The topological polar surface area (TPSA) is 63.8 Å². The molecule has 0 bridgehead atoms. The average molecular weight is 208 g/mol.